The van der Waals surface area contributed by atoms with Crippen LogP contribution in [0.1, 0.15) is 23.5 Å². The van der Waals surface area contributed by atoms with Gasteiger partial charge < -0.3 is 18.9 Å². The summed E-state index contributed by atoms with van der Waals surface area (Å²) in [6, 6.07) is 9.63. The van der Waals surface area contributed by atoms with Crippen LogP contribution in [0.15, 0.2) is 41.3 Å². The van der Waals surface area contributed by atoms with Crippen LogP contribution < -0.4 is 15.2 Å². The second-order valence-electron chi connectivity index (χ2n) is 6.52. The van der Waals surface area contributed by atoms with Gasteiger partial charge in [0.15, 0.2) is 0 Å². The van der Waals surface area contributed by atoms with Gasteiger partial charge in [-0.05, 0) is 36.2 Å². The van der Waals surface area contributed by atoms with Gasteiger partial charge in [-0.25, -0.2) is 0 Å². The average molecular weight is 356 g/mol. The van der Waals surface area contributed by atoms with E-state index in [9.17, 15) is 9.59 Å². The minimum Gasteiger partial charge on any atom is -0.497 e. The second-order valence-corrected chi connectivity index (χ2v) is 6.52. The van der Waals surface area contributed by atoms with Crippen molar-refractivity contribution in [2.75, 3.05) is 32.3 Å². The van der Waals surface area contributed by atoms with Crippen molar-refractivity contribution in [1.29, 1.82) is 0 Å². The zero-order chi connectivity index (χ0) is 18.7. The maximum Gasteiger partial charge on any atom is 0.274 e. The Kier molecular flexibility index (Phi) is 5.42. The fraction of sp³-hybridized carbons (Fsp3) is 0.400. The number of aromatic nitrogens is 1. The van der Waals surface area contributed by atoms with Gasteiger partial charge in [0, 0.05) is 38.7 Å². The third kappa shape index (κ3) is 3.51. The molecule has 0 bridgehead atoms. The monoisotopic (exact) mass is 356 g/mol. The molecule has 1 amide bonds. The van der Waals surface area contributed by atoms with Crippen molar-refractivity contribution in [3.05, 3.63) is 58.0 Å². The number of aryl methyl sites for hydroxylation is 1. The number of benzene rings is 1. The highest BCUT2D eigenvalue weighted by atomic mass is 16.5. The lowest BCUT2D eigenvalue weighted by molar-refractivity contribution is -0.117. The number of amides is 1. The van der Waals surface area contributed by atoms with Gasteiger partial charge in [-0.3, -0.25) is 9.59 Å². The van der Waals surface area contributed by atoms with E-state index >= 15 is 0 Å². The first-order valence-corrected chi connectivity index (χ1v) is 8.68. The van der Waals surface area contributed by atoms with E-state index in [1.807, 2.05) is 37.3 Å². The first-order valence-electron chi connectivity index (χ1n) is 8.68. The van der Waals surface area contributed by atoms with Crippen molar-refractivity contribution in [3.8, 4) is 5.75 Å². The smallest absolute Gasteiger partial charge is 0.274 e. The van der Waals surface area contributed by atoms with E-state index < -0.39 is 0 Å². The molecule has 6 nitrogen and oxygen atoms in total. The molecule has 26 heavy (non-hydrogen) atoms. The normalized spacial score (nSPS) is 17.0. The third-order valence-electron chi connectivity index (χ3n) is 4.86. The topological polar surface area (TPSA) is 60.8 Å². The Balaban J connectivity index is 1.88. The highest BCUT2D eigenvalue weighted by Gasteiger charge is 2.34. The van der Waals surface area contributed by atoms with E-state index in [1.165, 1.54) is 0 Å². The molecule has 1 aromatic heterocycles. The molecular formula is C20H24N2O4. The van der Waals surface area contributed by atoms with Crippen molar-refractivity contribution in [2.45, 2.75) is 25.8 Å². The molecule has 1 fully saturated rings. The molecule has 1 atom stereocenters. The second kappa shape index (κ2) is 7.74. The largest absolute Gasteiger partial charge is 0.497 e. The average Bonchev–Trinajstić information content (AvgIpc) is 3.03. The molecule has 0 unspecified atom stereocenters. The Hall–Kier alpha value is -2.60. The van der Waals surface area contributed by atoms with Gasteiger partial charge in [-0.1, -0.05) is 12.1 Å². The molecule has 1 saturated heterocycles. The van der Waals surface area contributed by atoms with Crippen LogP contribution in [0, 0.1) is 6.92 Å². The summed E-state index contributed by atoms with van der Waals surface area (Å²) in [6.07, 6.45) is 2.15. The lowest BCUT2D eigenvalue weighted by Gasteiger charge is -2.20. The van der Waals surface area contributed by atoms with Crippen LogP contribution in [0.4, 0.5) is 5.69 Å². The lowest BCUT2D eigenvalue weighted by Crippen LogP contribution is -2.34. The predicted octanol–water partition coefficient (Wildman–Crippen LogP) is 2.33. The molecule has 0 radical (unpaired) electrons. The molecule has 1 aromatic carbocycles. The summed E-state index contributed by atoms with van der Waals surface area (Å²) in [4.78, 5) is 27.1. The quantitative estimate of drug-likeness (QED) is 0.797. The van der Waals surface area contributed by atoms with Crippen LogP contribution in [0.25, 0.3) is 0 Å². The molecule has 138 valence electrons. The highest BCUT2D eigenvalue weighted by molar-refractivity contribution is 5.97. The fourth-order valence-corrected chi connectivity index (χ4v) is 3.37. The molecular weight excluding hydrogens is 332 g/mol. The number of anilines is 1. The molecule has 0 spiro atoms. The lowest BCUT2D eigenvalue weighted by atomic mass is 9.98. The summed E-state index contributed by atoms with van der Waals surface area (Å²) in [7, 11) is 3.23. The number of hydrogen-bond acceptors (Lipinski definition) is 4. The number of carbonyl (C=O) groups is 1. The van der Waals surface area contributed by atoms with Gasteiger partial charge in [0.2, 0.25) is 5.91 Å². The van der Waals surface area contributed by atoms with Gasteiger partial charge in [0.05, 0.1) is 13.7 Å². The molecule has 3 rings (SSSR count). The molecule has 0 N–H and O–H groups in total. The molecule has 6 heteroatoms. The van der Waals surface area contributed by atoms with Crippen LogP contribution in [-0.2, 0) is 16.1 Å². The van der Waals surface area contributed by atoms with Crippen molar-refractivity contribution >= 4 is 11.6 Å². The van der Waals surface area contributed by atoms with E-state index in [-0.39, 0.29) is 17.4 Å². The fourth-order valence-electron chi connectivity index (χ4n) is 3.37. The summed E-state index contributed by atoms with van der Waals surface area (Å²) in [5.74, 6) is 0.838. The van der Waals surface area contributed by atoms with Gasteiger partial charge >= 0.3 is 0 Å². The molecule has 0 saturated carbocycles. The minimum atomic E-state index is -0.147. The number of pyridine rings is 1. The zero-order valence-corrected chi connectivity index (χ0v) is 15.4. The third-order valence-corrected chi connectivity index (χ3v) is 4.86. The van der Waals surface area contributed by atoms with Crippen molar-refractivity contribution in [2.24, 2.45) is 0 Å². The number of nitrogens with zero attached hydrogens (tertiary/aromatic N) is 2. The molecule has 0 aliphatic carbocycles. The Morgan fingerprint density at radius 1 is 1.12 bits per heavy atom. The number of carbonyl (C=O) groups excluding carboxylic acids is 1. The zero-order valence-electron chi connectivity index (χ0n) is 15.4. The predicted molar refractivity (Wildman–Crippen MR) is 100 cm³/mol. The SMILES string of the molecule is COCCn1ccc(C)c(N2C[C@@H](c3ccc(OC)cc3)CC2=O)c1=O. The summed E-state index contributed by atoms with van der Waals surface area (Å²) in [5.41, 5.74) is 2.22. The summed E-state index contributed by atoms with van der Waals surface area (Å²) < 4.78 is 11.8. The molecule has 2 aromatic rings. The number of ether oxygens (including phenoxy) is 2. The molecule has 2 heterocycles. The van der Waals surface area contributed by atoms with E-state index in [4.69, 9.17) is 9.47 Å². The minimum absolute atomic E-state index is 0.0180. The van der Waals surface area contributed by atoms with Crippen LogP contribution in [0.3, 0.4) is 0 Å². The number of hydrogen-bond donors (Lipinski definition) is 0. The summed E-state index contributed by atoms with van der Waals surface area (Å²) in [5, 5.41) is 0. The van der Waals surface area contributed by atoms with Gasteiger partial charge in [-0.15, -0.1) is 0 Å². The van der Waals surface area contributed by atoms with E-state index in [0.29, 0.717) is 31.8 Å². The Morgan fingerprint density at radius 3 is 2.50 bits per heavy atom. The van der Waals surface area contributed by atoms with Gasteiger partial charge in [0.25, 0.3) is 5.56 Å². The van der Waals surface area contributed by atoms with Crippen LogP contribution >= 0.6 is 0 Å². The maximum atomic E-state index is 12.9. The van der Waals surface area contributed by atoms with Gasteiger partial charge in [0.1, 0.15) is 11.4 Å². The maximum absolute atomic E-state index is 12.9. The summed E-state index contributed by atoms with van der Waals surface area (Å²) >= 11 is 0. The molecule has 1 aliphatic heterocycles. The highest BCUT2D eigenvalue weighted by Crippen LogP contribution is 2.32. The van der Waals surface area contributed by atoms with Crippen molar-refractivity contribution in [3.63, 3.8) is 0 Å². The Labute approximate surface area is 153 Å². The van der Waals surface area contributed by atoms with E-state index in [1.54, 1.807) is 29.9 Å². The summed E-state index contributed by atoms with van der Waals surface area (Å²) in [6.45, 7) is 3.29. The standard InChI is InChI=1S/C20H24N2O4/c1-14-8-9-21(10-11-25-2)20(24)19(14)22-13-16(12-18(22)23)15-4-6-17(26-3)7-5-15/h4-9,16H,10-13H2,1-3H3/t16-/m0/s1. The first-order chi connectivity index (χ1) is 12.5. The van der Waals surface area contributed by atoms with E-state index in [2.05, 4.69) is 0 Å². The Bertz CT molecular complexity index is 842. The number of rotatable bonds is 6. The van der Waals surface area contributed by atoms with E-state index in [0.717, 1.165) is 16.9 Å². The van der Waals surface area contributed by atoms with Crippen LogP contribution in [0.5, 0.6) is 5.75 Å². The van der Waals surface area contributed by atoms with Crippen molar-refractivity contribution < 1.29 is 14.3 Å². The van der Waals surface area contributed by atoms with Crippen LogP contribution in [0.2, 0.25) is 0 Å². The van der Waals surface area contributed by atoms with Gasteiger partial charge in [-0.2, -0.15) is 0 Å². The molecule has 1 aliphatic rings. The van der Waals surface area contributed by atoms with Crippen molar-refractivity contribution in [1.82, 2.24) is 4.57 Å². The number of methoxy groups -OCH3 is 2. The Morgan fingerprint density at radius 2 is 1.85 bits per heavy atom. The van der Waals surface area contributed by atoms with Crippen LogP contribution in [-0.4, -0.2) is 37.8 Å². The first kappa shape index (κ1) is 18.2.